The van der Waals surface area contributed by atoms with Crippen LogP contribution in [0.3, 0.4) is 0 Å². The van der Waals surface area contributed by atoms with Gasteiger partial charge in [0.1, 0.15) is 0 Å². The predicted octanol–water partition coefficient (Wildman–Crippen LogP) is 3.55. The molecule has 0 N–H and O–H groups in total. The van der Waals surface area contributed by atoms with E-state index in [1.54, 1.807) is 11.8 Å². The second-order valence-electron chi connectivity index (χ2n) is 3.51. The normalized spacial score (nSPS) is 21.6. The lowest BCUT2D eigenvalue weighted by Crippen LogP contribution is -2.05. The zero-order valence-corrected chi connectivity index (χ0v) is 9.49. The Kier molecular flexibility index (Phi) is 2.84. The molecule has 1 atom stereocenters. The molecule has 14 heavy (non-hydrogen) atoms. The van der Waals surface area contributed by atoms with Crippen LogP contribution >= 0.6 is 23.4 Å². The van der Waals surface area contributed by atoms with Crippen molar-refractivity contribution in [1.82, 2.24) is 0 Å². The van der Waals surface area contributed by atoms with Gasteiger partial charge in [-0.25, -0.2) is 0 Å². The second kappa shape index (κ2) is 3.95. The molecular weight excluding hydrogens is 216 g/mol. The van der Waals surface area contributed by atoms with Gasteiger partial charge in [0, 0.05) is 28.0 Å². The first kappa shape index (κ1) is 10.1. The summed E-state index contributed by atoms with van der Waals surface area (Å²) < 4.78 is 0. The van der Waals surface area contributed by atoms with Crippen LogP contribution in [0.4, 0.5) is 0 Å². The molecular formula is C11H11ClOS. The van der Waals surface area contributed by atoms with E-state index in [1.807, 2.05) is 18.2 Å². The van der Waals surface area contributed by atoms with E-state index in [4.69, 9.17) is 11.6 Å². The monoisotopic (exact) mass is 226 g/mol. The van der Waals surface area contributed by atoms with Crippen molar-refractivity contribution in [3.8, 4) is 0 Å². The largest absolute Gasteiger partial charge is 0.294 e. The molecule has 1 aromatic carbocycles. The van der Waals surface area contributed by atoms with E-state index in [9.17, 15) is 4.79 Å². The molecule has 0 bridgehead atoms. The molecule has 0 amide bonds. The van der Waals surface area contributed by atoms with Crippen LogP contribution in [0, 0.1) is 0 Å². The highest BCUT2D eigenvalue weighted by molar-refractivity contribution is 7.99. The minimum atomic E-state index is 0.222. The Morgan fingerprint density at radius 2 is 2.29 bits per heavy atom. The number of carbonyl (C=O) groups excluding carboxylic acids is 1. The molecule has 0 aromatic heterocycles. The van der Waals surface area contributed by atoms with Crippen LogP contribution in [-0.2, 0) is 5.75 Å². The van der Waals surface area contributed by atoms with Crippen molar-refractivity contribution < 1.29 is 4.79 Å². The van der Waals surface area contributed by atoms with Gasteiger partial charge in [0.25, 0.3) is 0 Å². The van der Waals surface area contributed by atoms with Crippen LogP contribution in [0.15, 0.2) is 18.2 Å². The van der Waals surface area contributed by atoms with Gasteiger partial charge in [-0.3, -0.25) is 4.79 Å². The fraction of sp³-hybridized carbons (Fsp3) is 0.364. The highest BCUT2D eigenvalue weighted by Gasteiger charge is 2.21. The topological polar surface area (TPSA) is 17.1 Å². The Morgan fingerprint density at radius 3 is 3.07 bits per heavy atom. The van der Waals surface area contributed by atoms with Gasteiger partial charge in [0.2, 0.25) is 0 Å². The highest BCUT2D eigenvalue weighted by Crippen LogP contribution is 2.32. The third-order valence-electron chi connectivity index (χ3n) is 2.40. The third-order valence-corrected chi connectivity index (χ3v) is 3.95. The van der Waals surface area contributed by atoms with E-state index < -0.39 is 0 Å². The Hall–Kier alpha value is -0.470. The van der Waals surface area contributed by atoms with E-state index >= 15 is 0 Å². The molecule has 2 rings (SSSR count). The number of rotatable bonds is 0. The van der Waals surface area contributed by atoms with Gasteiger partial charge in [-0.2, -0.15) is 11.8 Å². The summed E-state index contributed by atoms with van der Waals surface area (Å²) in [5.74, 6) is 1.07. The maximum Gasteiger partial charge on any atom is 0.164 e. The molecule has 1 unspecified atom stereocenters. The maximum absolute atomic E-state index is 11.8. The number of carbonyl (C=O) groups is 1. The molecule has 3 heteroatoms. The lowest BCUT2D eigenvalue weighted by atomic mass is 10.0. The fourth-order valence-corrected chi connectivity index (χ4v) is 2.97. The molecule has 1 nitrogen and oxygen atoms in total. The molecule has 1 heterocycles. The number of thioether (sulfide) groups is 1. The van der Waals surface area contributed by atoms with Crippen LogP contribution in [0.5, 0.6) is 0 Å². The minimum absolute atomic E-state index is 0.222. The summed E-state index contributed by atoms with van der Waals surface area (Å²) in [6.45, 7) is 2.09. The van der Waals surface area contributed by atoms with Crippen molar-refractivity contribution in [3.63, 3.8) is 0 Å². The van der Waals surface area contributed by atoms with E-state index in [0.29, 0.717) is 11.7 Å². The van der Waals surface area contributed by atoms with Crippen molar-refractivity contribution in [2.24, 2.45) is 0 Å². The van der Waals surface area contributed by atoms with E-state index in [0.717, 1.165) is 21.9 Å². The van der Waals surface area contributed by atoms with Gasteiger partial charge in [-0.15, -0.1) is 0 Å². The van der Waals surface area contributed by atoms with Crippen molar-refractivity contribution in [1.29, 1.82) is 0 Å². The first-order chi connectivity index (χ1) is 6.68. The lowest BCUT2D eigenvalue weighted by Gasteiger charge is -2.05. The number of fused-ring (bicyclic) bond motifs is 1. The van der Waals surface area contributed by atoms with Crippen molar-refractivity contribution in [3.05, 3.63) is 34.3 Å². The summed E-state index contributed by atoms with van der Waals surface area (Å²) in [7, 11) is 0. The summed E-state index contributed by atoms with van der Waals surface area (Å²) in [5.41, 5.74) is 1.82. The summed E-state index contributed by atoms with van der Waals surface area (Å²) in [6.07, 6.45) is 0.623. The zero-order chi connectivity index (χ0) is 10.1. The van der Waals surface area contributed by atoms with Crippen molar-refractivity contribution in [2.45, 2.75) is 24.3 Å². The average molecular weight is 227 g/mol. The smallest absolute Gasteiger partial charge is 0.164 e. The van der Waals surface area contributed by atoms with Gasteiger partial charge < -0.3 is 0 Å². The zero-order valence-electron chi connectivity index (χ0n) is 7.92. The van der Waals surface area contributed by atoms with Gasteiger partial charge in [-0.1, -0.05) is 30.7 Å². The molecule has 0 saturated heterocycles. The molecule has 0 saturated carbocycles. The van der Waals surface area contributed by atoms with Crippen molar-refractivity contribution in [2.75, 3.05) is 0 Å². The summed E-state index contributed by atoms with van der Waals surface area (Å²) in [6, 6.07) is 5.58. The lowest BCUT2D eigenvalue weighted by molar-refractivity contribution is 0.0983. The van der Waals surface area contributed by atoms with Gasteiger partial charge in [0.15, 0.2) is 5.78 Å². The van der Waals surface area contributed by atoms with E-state index in [-0.39, 0.29) is 5.78 Å². The van der Waals surface area contributed by atoms with Gasteiger partial charge in [0.05, 0.1) is 0 Å². The maximum atomic E-state index is 11.8. The number of Topliss-reactive ketones (excluding diaryl/α,β-unsaturated/α-hetero) is 1. The van der Waals surface area contributed by atoms with Gasteiger partial charge >= 0.3 is 0 Å². The Morgan fingerprint density at radius 1 is 1.50 bits per heavy atom. The average Bonchev–Trinajstić information content (AvgIpc) is 2.28. The number of halogens is 1. The second-order valence-corrected chi connectivity index (χ2v) is 5.35. The molecule has 0 radical (unpaired) electrons. The first-order valence-corrected chi connectivity index (χ1v) is 6.03. The van der Waals surface area contributed by atoms with Crippen LogP contribution in [-0.4, -0.2) is 11.0 Å². The quantitative estimate of drug-likeness (QED) is 0.673. The molecule has 0 spiro atoms. The number of benzene rings is 1. The minimum Gasteiger partial charge on any atom is -0.294 e. The highest BCUT2D eigenvalue weighted by atomic mass is 35.5. The van der Waals surface area contributed by atoms with Crippen molar-refractivity contribution >= 4 is 29.1 Å². The number of hydrogen-bond acceptors (Lipinski definition) is 2. The molecule has 1 aliphatic heterocycles. The predicted molar refractivity (Wildman–Crippen MR) is 61.2 cm³/mol. The van der Waals surface area contributed by atoms with E-state index in [1.165, 1.54) is 0 Å². The van der Waals surface area contributed by atoms with Crippen LogP contribution < -0.4 is 0 Å². The fourth-order valence-electron chi connectivity index (χ4n) is 1.62. The summed E-state index contributed by atoms with van der Waals surface area (Å²) in [4.78, 5) is 11.8. The Balaban J connectivity index is 2.48. The number of hydrogen-bond donors (Lipinski definition) is 0. The summed E-state index contributed by atoms with van der Waals surface area (Å²) >= 11 is 7.86. The Labute approximate surface area is 92.8 Å². The van der Waals surface area contributed by atoms with Crippen LogP contribution in [0.2, 0.25) is 5.02 Å². The number of ketones is 1. The first-order valence-electron chi connectivity index (χ1n) is 4.60. The standard InChI is InChI=1S/C11H11ClOS/c1-7-5-11(13)8-3-2-4-10(12)9(8)6-14-7/h2-4,7H,5-6H2,1H3. The molecule has 0 aliphatic carbocycles. The van der Waals surface area contributed by atoms with Crippen LogP contribution in [0.1, 0.15) is 29.3 Å². The third kappa shape index (κ3) is 1.82. The Bertz CT molecular complexity index is 376. The van der Waals surface area contributed by atoms with Crippen LogP contribution in [0.25, 0.3) is 0 Å². The summed E-state index contributed by atoms with van der Waals surface area (Å²) in [5, 5.41) is 1.11. The molecule has 1 aliphatic rings. The SMILES string of the molecule is CC1CC(=O)c2cccc(Cl)c2CS1. The van der Waals surface area contributed by atoms with E-state index in [2.05, 4.69) is 6.92 Å². The molecule has 0 fully saturated rings. The van der Waals surface area contributed by atoms with Gasteiger partial charge in [-0.05, 0) is 11.6 Å². The molecule has 1 aromatic rings. The molecule has 74 valence electrons.